The fourth-order valence-corrected chi connectivity index (χ4v) is 2.94. The van der Waals surface area contributed by atoms with Gasteiger partial charge in [-0.15, -0.1) is 0 Å². The number of amides is 1. The molecular formula is C16H23ClN2O2. The summed E-state index contributed by atoms with van der Waals surface area (Å²) in [6.07, 6.45) is 2.25. The minimum atomic E-state index is -0.471. The summed E-state index contributed by atoms with van der Waals surface area (Å²) in [5.74, 6) is -0.228. The Morgan fingerprint density at radius 2 is 2.19 bits per heavy atom. The standard InChI is InChI=1S/C16H23ClN2O2/c1-12(9-13-3-2-4-14(17)10-13)19-11-16(15(18)20)5-7-21-8-6-16/h2-4,10,12,19H,5-9,11H2,1H3,(H2,18,20)/t12-/m0/s1. The molecule has 0 bridgehead atoms. The molecule has 0 saturated carbocycles. The first kappa shape index (κ1) is 16.3. The maximum atomic E-state index is 11.8. The Bertz CT molecular complexity index is 487. The van der Waals surface area contributed by atoms with Crippen molar-refractivity contribution in [2.24, 2.45) is 11.1 Å². The third-order valence-electron chi connectivity index (χ3n) is 4.19. The number of rotatable bonds is 6. The summed E-state index contributed by atoms with van der Waals surface area (Å²) in [6, 6.07) is 8.10. The van der Waals surface area contributed by atoms with Gasteiger partial charge in [0.15, 0.2) is 0 Å². The van der Waals surface area contributed by atoms with Crippen molar-refractivity contribution in [3.8, 4) is 0 Å². The fraction of sp³-hybridized carbons (Fsp3) is 0.562. The number of hydrogen-bond acceptors (Lipinski definition) is 3. The number of carbonyl (C=O) groups excluding carboxylic acids is 1. The van der Waals surface area contributed by atoms with E-state index in [4.69, 9.17) is 22.1 Å². The maximum absolute atomic E-state index is 11.8. The lowest BCUT2D eigenvalue weighted by atomic mass is 9.79. The molecule has 0 aliphatic carbocycles. The Kier molecular flexibility index (Phi) is 5.62. The third kappa shape index (κ3) is 4.43. The number of nitrogens with one attached hydrogen (secondary N) is 1. The van der Waals surface area contributed by atoms with E-state index in [1.54, 1.807) is 0 Å². The lowest BCUT2D eigenvalue weighted by molar-refractivity contribution is -0.133. The summed E-state index contributed by atoms with van der Waals surface area (Å²) in [7, 11) is 0. The quantitative estimate of drug-likeness (QED) is 0.846. The Balaban J connectivity index is 1.90. The molecule has 0 spiro atoms. The van der Waals surface area contributed by atoms with Crippen LogP contribution in [0, 0.1) is 5.41 Å². The van der Waals surface area contributed by atoms with Crippen molar-refractivity contribution < 1.29 is 9.53 Å². The van der Waals surface area contributed by atoms with Crippen molar-refractivity contribution in [1.29, 1.82) is 0 Å². The van der Waals surface area contributed by atoms with Crippen molar-refractivity contribution in [2.45, 2.75) is 32.2 Å². The van der Waals surface area contributed by atoms with Crippen molar-refractivity contribution >= 4 is 17.5 Å². The third-order valence-corrected chi connectivity index (χ3v) is 4.43. The largest absolute Gasteiger partial charge is 0.381 e. The molecule has 5 heteroatoms. The van der Waals surface area contributed by atoms with Gasteiger partial charge in [-0.3, -0.25) is 4.79 Å². The molecular weight excluding hydrogens is 288 g/mol. The Morgan fingerprint density at radius 3 is 2.81 bits per heavy atom. The van der Waals surface area contributed by atoms with E-state index in [-0.39, 0.29) is 11.9 Å². The van der Waals surface area contributed by atoms with E-state index in [0.29, 0.717) is 32.6 Å². The number of nitrogens with two attached hydrogens (primary N) is 1. The van der Waals surface area contributed by atoms with Crippen molar-refractivity contribution in [1.82, 2.24) is 5.32 Å². The monoisotopic (exact) mass is 310 g/mol. The topological polar surface area (TPSA) is 64.3 Å². The molecule has 1 aliphatic rings. The van der Waals surface area contributed by atoms with Gasteiger partial charge in [-0.2, -0.15) is 0 Å². The van der Waals surface area contributed by atoms with E-state index in [1.165, 1.54) is 5.56 Å². The van der Waals surface area contributed by atoms with Crippen LogP contribution in [0.3, 0.4) is 0 Å². The molecule has 2 rings (SSSR count). The number of primary amides is 1. The number of carbonyl (C=O) groups is 1. The van der Waals surface area contributed by atoms with Gasteiger partial charge in [0.1, 0.15) is 0 Å². The van der Waals surface area contributed by atoms with Gasteiger partial charge in [-0.1, -0.05) is 23.7 Å². The molecule has 0 aromatic heterocycles. The van der Waals surface area contributed by atoms with Crippen LogP contribution in [0.2, 0.25) is 5.02 Å². The number of benzene rings is 1. The number of halogens is 1. The highest BCUT2D eigenvalue weighted by Crippen LogP contribution is 2.29. The molecule has 4 nitrogen and oxygen atoms in total. The number of ether oxygens (including phenoxy) is 1. The van der Waals surface area contributed by atoms with Gasteiger partial charge in [0, 0.05) is 30.8 Å². The molecule has 1 atom stereocenters. The summed E-state index contributed by atoms with van der Waals surface area (Å²) in [5.41, 5.74) is 6.32. The SMILES string of the molecule is C[C@@H](Cc1cccc(Cl)c1)NCC1(C(N)=O)CCOCC1. The minimum Gasteiger partial charge on any atom is -0.381 e. The second kappa shape index (κ2) is 7.25. The highest BCUT2D eigenvalue weighted by molar-refractivity contribution is 6.30. The summed E-state index contributed by atoms with van der Waals surface area (Å²) in [4.78, 5) is 11.8. The van der Waals surface area contributed by atoms with Crippen LogP contribution in [-0.4, -0.2) is 31.7 Å². The van der Waals surface area contributed by atoms with E-state index in [9.17, 15) is 4.79 Å². The summed E-state index contributed by atoms with van der Waals surface area (Å²) in [5, 5.41) is 4.19. The zero-order chi connectivity index (χ0) is 15.3. The van der Waals surface area contributed by atoms with Crippen LogP contribution in [0.25, 0.3) is 0 Å². The van der Waals surface area contributed by atoms with E-state index in [2.05, 4.69) is 18.3 Å². The van der Waals surface area contributed by atoms with Gasteiger partial charge in [0.2, 0.25) is 5.91 Å². The molecule has 1 aliphatic heterocycles. The lowest BCUT2D eigenvalue weighted by Gasteiger charge is -2.35. The normalized spacial score (nSPS) is 19.1. The van der Waals surface area contributed by atoms with Crippen LogP contribution in [0.1, 0.15) is 25.3 Å². The van der Waals surface area contributed by atoms with Gasteiger partial charge < -0.3 is 15.8 Å². The fourth-order valence-electron chi connectivity index (χ4n) is 2.73. The first-order chi connectivity index (χ1) is 10.0. The van der Waals surface area contributed by atoms with Crippen LogP contribution in [0.4, 0.5) is 0 Å². The van der Waals surface area contributed by atoms with Crippen LogP contribution in [0.15, 0.2) is 24.3 Å². The zero-order valence-electron chi connectivity index (χ0n) is 12.4. The summed E-state index contributed by atoms with van der Waals surface area (Å²) in [6.45, 7) is 3.92. The Labute approximate surface area is 131 Å². The van der Waals surface area contributed by atoms with Crippen LogP contribution >= 0.6 is 11.6 Å². The summed E-state index contributed by atoms with van der Waals surface area (Å²) >= 11 is 6.00. The van der Waals surface area contributed by atoms with Gasteiger partial charge in [0.05, 0.1) is 5.41 Å². The molecule has 1 amide bonds. The van der Waals surface area contributed by atoms with Crippen LogP contribution in [-0.2, 0) is 16.0 Å². The van der Waals surface area contributed by atoms with E-state index < -0.39 is 5.41 Å². The van der Waals surface area contributed by atoms with Gasteiger partial charge >= 0.3 is 0 Å². The zero-order valence-corrected chi connectivity index (χ0v) is 13.2. The average molecular weight is 311 g/mol. The molecule has 21 heavy (non-hydrogen) atoms. The molecule has 1 heterocycles. The predicted octanol–water partition coefficient (Wildman–Crippen LogP) is 2.14. The number of hydrogen-bond donors (Lipinski definition) is 2. The van der Waals surface area contributed by atoms with Gasteiger partial charge in [-0.05, 0) is 43.9 Å². The van der Waals surface area contributed by atoms with E-state index in [1.807, 2.05) is 18.2 Å². The van der Waals surface area contributed by atoms with Crippen LogP contribution < -0.4 is 11.1 Å². The van der Waals surface area contributed by atoms with Crippen molar-refractivity contribution in [3.63, 3.8) is 0 Å². The first-order valence-electron chi connectivity index (χ1n) is 7.37. The highest BCUT2D eigenvalue weighted by Gasteiger charge is 2.38. The predicted molar refractivity (Wildman–Crippen MR) is 84.3 cm³/mol. The molecule has 0 unspecified atom stereocenters. The molecule has 3 N–H and O–H groups in total. The van der Waals surface area contributed by atoms with Crippen LogP contribution in [0.5, 0.6) is 0 Å². The molecule has 1 saturated heterocycles. The Hall–Kier alpha value is -1.10. The lowest BCUT2D eigenvalue weighted by Crippen LogP contribution is -2.50. The highest BCUT2D eigenvalue weighted by atomic mass is 35.5. The molecule has 0 radical (unpaired) electrons. The first-order valence-corrected chi connectivity index (χ1v) is 7.75. The minimum absolute atomic E-state index is 0.228. The molecule has 1 aromatic rings. The smallest absolute Gasteiger partial charge is 0.225 e. The molecule has 1 fully saturated rings. The van der Waals surface area contributed by atoms with E-state index in [0.717, 1.165) is 11.4 Å². The Morgan fingerprint density at radius 1 is 1.48 bits per heavy atom. The molecule has 116 valence electrons. The summed E-state index contributed by atoms with van der Waals surface area (Å²) < 4.78 is 5.34. The second-order valence-corrected chi connectivity index (χ2v) is 6.31. The van der Waals surface area contributed by atoms with Crippen molar-refractivity contribution in [3.05, 3.63) is 34.9 Å². The average Bonchev–Trinajstić information content (AvgIpc) is 2.46. The second-order valence-electron chi connectivity index (χ2n) is 5.87. The maximum Gasteiger partial charge on any atom is 0.225 e. The van der Waals surface area contributed by atoms with Crippen molar-refractivity contribution in [2.75, 3.05) is 19.8 Å². The van der Waals surface area contributed by atoms with Gasteiger partial charge in [0.25, 0.3) is 0 Å². The van der Waals surface area contributed by atoms with Gasteiger partial charge in [-0.25, -0.2) is 0 Å². The molecule has 1 aromatic carbocycles. The van der Waals surface area contributed by atoms with E-state index >= 15 is 0 Å².